The molecule has 2 rings (SSSR count). The van der Waals surface area contributed by atoms with Crippen molar-refractivity contribution in [2.75, 3.05) is 5.88 Å². The lowest BCUT2D eigenvalue weighted by molar-refractivity contribution is -0.458. The molecule has 0 bridgehead atoms. The molecule has 0 saturated heterocycles. The summed E-state index contributed by atoms with van der Waals surface area (Å²) < 4.78 is 24.5. The number of carbonyl (C=O) groups excluding carboxylic acids is 3. The van der Waals surface area contributed by atoms with Gasteiger partial charge in [-0.05, 0) is 12.0 Å². The van der Waals surface area contributed by atoms with Gasteiger partial charge in [-0.1, -0.05) is 39.0 Å². The summed E-state index contributed by atoms with van der Waals surface area (Å²) in [5.41, 5.74) is -1.28. The van der Waals surface area contributed by atoms with Crippen LogP contribution in [0.5, 0.6) is 0 Å². The highest BCUT2D eigenvalue weighted by molar-refractivity contribution is 7.91. The Balaban J connectivity index is 2.53. The summed E-state index contributed by atoms with van der Waals surface area (Å²) >= 11 is 0. The van der Waals surface area contributed by atoms with Crippen LogP contribution < -0.4 is 0 Å². The SMILES string of the molecule is CC1CC(=O)C(C(=O)c2ccccc2S(=O)(=O)C[N+](=O)[O-])C(=O)C1(C)C. The lowest BCUT2D eigenvalue weighted by Gasteiger charge is -2.37. The Morgan fingerprint density at radius 1 is 1.27 bits per heavy atom. The highest BCUT2D eigenvalue weighted by atomic mass is 32.2. The van der Waals surface area contributed by atoms with Crippen molar-refractivity contribution in [2.24, 2.45) is 17.3 Å². The molecule has 140 valence electrons. The molecule has 8 nitrogen and oxygen atoms in total. The molecule has 2 unspecified atom stereocenters. The molecule has 0 N–H and O–H groups in total. The van der Waals surface area contributed by atoms with Gasteiger partial charge in [0.1, 0.15) is 5.92 Å². The van der Waals surface area contributed by atoms with Crippen LogP contribution in [0.15, 0.2) is 29.2 Å². The van der Waals surface area contributed by atoms with E-state index in [-0.39, 0.29) is 17.9 Å². The van der Waals surface area contributed by atoms with Crippen LogP contribution in [0.1, 0.15) is 37.6 Å². The Hall–Kier alpha value is -2.42. The molecule has 9 heteroatoms. The zero-order valence-corrected chi connectivity index (χ0v) is 15.4. The Morgan fingerprint density at radius 3 is 2.42 bits per heavy atom. The third-order valence-electron chi connectivity index (χ3n) is 4.98. The van der Waals surface area contributed by atoms with Crippen molar-refractivity contribution >= 4 is 27.2 Å². The normalized spacial score (nSPS) is 22.9. The molecular formula is C17H19NO7S. The fourth-order valence-corrected chi connectivity index (χ4v) is 4.21. The number of sulfone groups is 1. The lowest BCUT2D eigenvalue weighted by Crippen LogP contribution is -2.49. The number of hydrogen-bond donors (Lipinski definition) is 0. The van der Waals surface area contributed by atoms with E-state index in [4.69, 9.17) is 0 Å². The van der Waals surface area contributed by atoms with Crippen LogP contribution in [-0.2, 0) is 19.4 Å². The minimum Gasteiger partial charge on any atom is -0.298 e. The van der Waals surface area contributed by atoms with Gasteiger partial charge in [0.05, 0.1) is 4.90 Å². The van der Waals surface area contributed by atoms with E-state index in [2.05, 4.69) is 0 Å². The molecule has 1 aliphatic rings. The van der Waals surface area contributed by atoms with E-state index in [0.717, 1.165) is 6.07 Å². The fraction of sp³-hybridized carbons (Fsp3) is 0.471. The Morgan fingerprint density at radius 2 is 1.85 bits per heavy atom. The Bertz CT molecular complexity index is 901. The van der Waals surface area contributed by atoms with Crippen molar-refractivity contribution in [3.8, 4) is 0 Å². The van der Waals surface area contributed by atoms with Crippen molar-refractivity contribution in [3.63, 3.8) is 0 Å². The van der Waals surface area contributed by atoms with Gasteiger partial charge in [0.2, 0.25) is 9.84 Å². The summed E-state index contributed by atoms with van der Waals surface area (Å²) in [4.78, 5) is 47.0. The first kappa shape index (κ1) is 19.9. The fourth-order valence-electron chi connectivity index (χ4n) is 3.01. The zero-order chi connectivity index (χ0) is 19.9. The van der Waals surface area contributed by atoms with Crippen molar-refractivity contribution in [1.82, 2.24) is 0 Å². The number of nitro groups is 1. The molecule has 1 aromatic rings. The Kier molecular flexibility index (Phi) is 5.14. The second kappa shape index (κ2) is 6.71. The standard InChI is InChI=1S/C17H19NO7S/c1-10-8-12(19)14(16(21)17(10,2)3)15(20)11-6-4-5-7-13(11)26(24,25)9-18(22)23/h4-7,10,14H,8-9H2,1-3H3. The number of benzene rings is 1. The van der Waals surface area contributed by atoms with E-state index in [0.29, 0.717) is 0 Å². The largest absolute Gasteiger partial charge is 0.305 e. The van der Waals surface area contributed by atoms with Gasteiger partial charge in [-0.25, -0.2) is 8.42 Å². The molecule has 0 aliphatic heterocycles. The summed E-state index contributed by atoms with van der Waals surface area (Å²) in [5, 5.41) is 10.6. The summed E-state index contributed by atoms with van der Waals surface area (Å²) in [5.74, 6) is -5.27. The highest BCUT2D eigenvalue weighted by Gasteiger charge is 2.50. The molecular weight excluding hydrogens is 362 g/mol. The van der Waals surface area contributed by atoms with Crippen LogP contribution >= 0.6 is 0 Å². The van der Waals surface area contributed by atoms with Gasteiger partial charge in [-0.15, -0.1) is 0 Å². The maximum Gasteiger partial charge on any atom is 0.305 e. The lowest BCUT2D eigenvalue weighted by atomic mass is 9.63. The van der Waals surface area contributed by atoms with E-state index < -0.39 is 54.2 Å². The third kappa shape index (κ3) is 3.44. The molecule has 0 heterocycles. The molecule has 0 aromatic heterocycles. The molecule has 0 amide bonds. The molecule has 1 fully saturated rings. The summed E-state index contributed by atoms with van der Waals surface area (Å²) in [6.07, 6.45) is 0.0267. The second-order valence-corrected chi connectivity index (χ2v) is 8.95. The minimum atomic E-state index is -4.39. The van der Waals surface area contributed by atoms with Crippen molar-refractivity contribution < 1.29 is 27.7 Å². The summed E-state index contributed by atoms with van der Waals surface area (Å²) in [6.45, 7) is 5.02. The second-order valence-electron chi connectivity index (χ2n) is 7.03. The van der Waals surface area contributed by atoms with Crippen molar-refractivity contribution in [2.45, 2.75) is 32.1 Å². The minimum absolute atomic E-state index is 0.0267. The molecule has 2 atom stereocenters. The number of carbonyl (C=O) groups is 3. The number of hydrogen-bond acceptors (Lipinski definition) is 7. The first-order valence-electron chi connectivity index (χ1n) is 7.94. The van der Waals surface area contributed by atoms with Crippen molar-refractivity contribution in [3.05, 3.63) is 39.9 Å². The van der Waals surface area contributed by atoms with Crippen LogP contribution in [0.3, 0.4) is 0 Å². The summed E-state index contributed by atoms with van der Waals surface area (Å²) in [6, 6.07) is 4.93. The first-order valence-corrected chi connectivity index (χ1v) is 9.59. The number of Topliss-reactive ketones (excluding diaryl/α,β-unsaturated/α-hetero) is 3. The van der Waals surface area contributed by atoms with Crippen LogP contribution in [0.4, 0.5) is 0 Å². The van der Waals surface area contributed by atoms with Gasteiger partial charge in [0, 0.05) is 22.3 Å². The predicted molar refractivity (Wildman–Crippen MR) is 90.9 cm³/mol. The van der Waals surface area contributed by atoms with Crippen LogP contribution in [0, 0.1) is 27.4 Å². The maximum absolute atomic E-state index is 12.9. The monoisotopic (exact) mass is 381 g/mol. The van der Waals surface area contributed by atoms with E-state index in [1.54, 1.807) is 20.8 Å². The van der Waals surface area contributed by atoms with E-state index in [9.17, 15) is 32.9 Å². The van der Waals surface area contributed by atoms with Crippen LogP contribution in [0.25, 0.3) is 0 Å². The molecule has 0 radical (unpaired) electrons. The predicted octanol–water partition coefficient (Wildman–Crippen LogP) is 1.70. The molecule has 1 saturated carbocycles. The van der Waals surface area contributed by atoms with Gasteiger partial charge in [-0.2, -0.15) is 0 Å². The van der Waals surface area contributed by atoms with Crippen LogP contribution in [0.2, 0.25) is 0 Å². The summed E-state index contributed by atoms with van der Waals surface area (Å²) in [7, 11) is -4.39. The average Bonchev–Trinajstić information content (AvgIpc) is 2.52. The van der Waals surface area contributed by atoms with Crippen LogP contribution in [-0.4, -0.2) is 36.6 Å². The van der Waals surface area contributed by atoms with Gasteiger partial charge < -0.3 is 0 Å². The molecule has 26 heavy (non-hydrogen) atoms. The zero-order valence-electron chi connectivity index (χ0n) is 14.6. The smallest absolute Gasteiger partial charge is 0.298 e. The quantitative estimate of drug-likeness (QED) is 0.328. The average molecular weight is 381 g/mol. The molecule has 1 aromatic carbocycles. The maximum atomic E-state index is 12.9. The van der Waals surface area contributed by atoms with Gasteiger partial charge in [-0.3, -0.25) is 24.5 Å². The number of nitrogens with zero attached hydrogens (tertiary/aromatic N) is 1. The van der Waals surface area contributed by atoms with Gasteiger partial charge in [0.15, 0.2) is 17.3 Å². The Labute approximate surface area is 150 Å². The molecule has 0 spiro atoms. The van der Waals surface area contributed by atoms with Gasteiger partial charge >= 0.3 is 5.88 Å². The number of rotatable bonds is 5. The highest BCUT2D eigenvalue weighted by Crippen LogP contribution is 2.40. The van der Waals surface area contributed by atoms with E-state index in [1.165, 1.54) is 18.2 Å². The third-order valence-corrected chi connectivity index (χ3v) is 6.56. The first-order chi connectivity index (χ1) is 11.9. The van der Waals surface area contributed by atoms with Gasteiger partial charge in [0.25, 0.3) is 0 Å². The van der Waals surface area contributed by atoms with E-state index >= 15 is 0 Å². The van der Waals surface area contributed by atoms with Crippen molar-refractivity contribution in [1.29, 1.82) is 0 Å². The molecule has 1 aliphatic carbocycles. The van der Waals surface area contributed by atoms with E-state index in [1.807, 2.05) is 0 Å². The number of ketones is 3. The topological polar surface area (TPSA) is 128 Å².